The molecule has 0 radical (unpaired) electrons. The number of imidazole rings is 1. The predicted octanol–water partition coefficient (Wildman–Crippen LogP) is 5.26. The van der Waals surface area contributed by atoms with Gasteiger partial charge in [-0.1, -0.05) is 42.0 Å². The molecule has 0 aliphatic carbocycles. The lowest BCUT2D eigenvalue weighted by Gasteiger charge is -2.05. The van der Waals surface area contributed by atoms with E-state index in [-0.39, 0.29) is 10.7 Å². The van der Waals surface area contributed by atoms with Crippen LogP contribution < -0.4 is 0 Å². The predicted molar refractivity (Wildman–Crippen MR) is 113 cm³/mol. The van der Waals surface area contributed by atoms with Gasteiger partial charge >= 0.3 is 0 Å². The highest BCUT2D eigenvalue weighted by molar-refractivity contribution is 7.90. The Hall–Kier alpha value is -3.25. The first kappa shape index (κ1) is 19.1. The molecule has 0 unspecified atom stereocenters. The van der Waals surface area contributed by atoms with Crippen LogP contribution in [0.25, 0.3) is 33.9 Å². The van der Waals surface area contributed by atoms with E-state index in [1.54, 1.807) is 36.4 Å². The number of halogens is 1. The molecule has 0 amide bonds. The summed E-state index contributed by atoms with van der Waals surface area (Å²) in [7, 11) is -3.27. The summed E-state index contributed by atoms with van der Waals surface area (Å²) in [6, 6.07) is 20.8. The highest BCUT2D eigenvalue weighted by Gasteiger charge is 2.16. The number of benzene rings is 3. The van der Waals surface area contributed by atoms with Gasteiger partial charge in [-0.25, -0.2) is 17.8 Å². The van der Waals surface area contributed by atoms with Gasteiger partial charge in [0, 0.05) is 22.9 Å². The molecule has 4 aromatic rings. The molecule has 4 nitrogen and oxygen atoms in total. The van der Waals surface area contributed by atoms with Gasteiger partial charge in [0.25, 0.3) is 0 Å². The Kier molecular flexibility index (Phi) is 4.80. The lowest BCUT2D eigenvalue weighted by molar-refractivity contribution is 0.602. The standard InChI is InChI=1S/C23H19FN2O2S/c1-15-3-5-16(6-4-15)21-22(17-9-13-20(14-10-17)29(2,27)28)26-23(25-21)18-7-11-19(24)12-8-18/h3-14H,1-2H3,(H,25,26). The van der Waals surface area contributed by atoms with Gasteiger partial charge in [0.05, 0.1) is 16.3 Å². The van der Waals surface area contributed by atoms with E-state index in [1.165, 1.54) is 18.4 Å². The van der Waals surface area contributed by atoms with Gasteiger partial charge in [-0.3, -0.25) is 0 Å². The monoisotopic (exact) mass is 406 g/mol. The summed E-state index contributed by atoms with van der Waals surface area (Å²) < 4.78 is 36.8. The minimum atomic E-state index is -3.27. The molecule has 29 heavy (non-hydrogen) atoms. The number of hydrogen-bond acceptors (Lipinski definition) is 3. The van der Waals surface area contributed by atoms with Crippen LogP contribution >= 0.6 is 0 Å². The van der Waals surface area contributed by atoms with E-state index in [2.05, 4.69) is 4.98 Å². The van der Waals surface area contributed by atoms with Crippen LogP contribution in [-0.4, -0.2) is 24.6 Å². The third-order valence-corrected chi connectivity index (χ3v) is 5.85. The summed E-state index contributed by atoms with van der Waals surface area (Å²) in [5.41, 5.74) is 5.17. The first-order chi connectivity index (χ1) is 13.8. The zero-order chi connectivity index (χ0) is 20.6. The Morgan fingerprint density at radius 3 is 1.93 bits per heavy atom. The summed E-state index contributed by atoms with van der Waals surface area (Å²) >= 11 is 0. The molecule has 0 saturated carbocycles. The van der Waals surface area contributed by atoms with Crippen molar-refractivity contribution in [3.8, 4) is 33.9 Å². The van der Waals surface area contributed by atoms with Gasteiger partial charge in [0.2, 0.25) is 0 Å². The Morgan fingerprint density at radius 2 is 1.34 bits per heavy atom. The molecule has 0 spiro atoms. The molecule has 1 heterocycles. The molecule has 3 aromatic carbocycles. The fourth-order valence-electron chi connectivity index (χ4n) is 3.12. The maximum absolute atomic E-state index is 13.3. The smallest absolute Gasteiger partial charge is 0.175 e. The van der Waals surface area contributed by atoms with E-state index < -0.39 is 9.84 Å². The molecule has 0 aliphatic heterocycles. The molecular formula is C23H19FN2O2S. The van der Waals surface area contributed by atoms with E-state index in [9.17, 15) is 12.8 Å². The van der Waals surface area contributed by atoms with Crippen LogP contribution in [0.2, 0.25) is 0 Å². The fourth-order valence-corrected chi connectivity index (χ4v) is 3.75. The molecule has 6 heteroatoms. The lowest BCUT2D eigenvalue weighted by atomic mass is 10.0. The van der Waals surface area contributed by atoms with Crippen molar-refractivity contribution in [2.45, 2.75) is 11.8 Å². The number of aromatic nitrogens is 2. The average Bonchev–Trinajstić information content (AvgIpc) is 3.14. The van der Waals surface area contributed by atoms with E-state index in [0.29, 0.717) is 11.5 Å². The van der Waals surface area contributed by atoms with Crippen molar-refractivity contribution in [1.29, 1.82) is 0 Å². The number of H-pyrrole nitrogens is 1. The Bertz CT molecular complexity index is 1260. The minimum Gasteiger partial charge on any atom is -0.337 e. The van der Waals surface area contributed by atoms with Crippen molar-refractivity contribution in [1.82, 2.24) is 9.97 Å². The molecule has 4 rings (SSSR count). The highest BCUT2D eigenvalue weighted by Crippen LogP contribution is 2.33. The Morgan fingerprint density at radius 1 is 0.793 bits per heavy atom. The van der Waals surface area contributed by atoms with Gasteiger partial charge in [-0.15, -0.1) is 0 Å². The van der Waals surface area contributed by atoms with Crippen LogP contribution in [0.15, 0.2) is 77.7 Å². The highest BCUT2D eigenvalue weighted by atomic mass is 32.2. The molecule has 0 bridgehead atoms. The second kappa shape index (κ2) is 7.29. The average molecular weight is 406 g/mol. The van der Waals surface area contributed by atoms with Crippen molar-refractivity contribution in [2.75, 3.05) is 6.26 Å². The molecule has 0 fully saturated rings. The van der Waals surface area contributed by atoms with Gasteiger partial charge in [0.1, 0.15) is 11.6 Å². The van der Waals surface area contributed by atoms with Crippen molar-refractivity contribution in [3.05, 3.63) is 84.2 Å². The summed E-state index contributed by atoms with van der Waals surface area (Å²) in [5.74, 6) is 0.304. The van der Waals surface area contributed by atoms with Crippen LogP contribution in [0.3, 0.4) is 0 Å². The zero-order valence-electron chi connectivity index (χ0n) is 16.0. The summed E-state index contributed by atoms with van der Waals surface area (Å²) in [6.07, 6.45) is 1.18. The first-order valence-electron chi connectivity index (χ1n) is 9.05. The van der Waals surface area contributed by atoms with Crippen molar-refractivity contribution < 1.29 is 12.8 Å². The lowest BCUT2D eigenvalue weighted by Crippen LogP contribution is -1.96. The molecule has 0 aliphatic rings. The molecule has 1 aromatic heterocycles. The second-order valence-electron chi connectivity index (χ2n) is 6.98. The number of aromatic amines is 1. The number of nitrogens with zero attached hydrogens (tertiary/aromatic N) is 1. The largest absolute Gasteiger partial charge is 0.337 e. The van der Waals surface area contributed by atoms with Crippen LogP contribution in [0, 0.1) is 12.7 Å². The fraction of sp³-hybridized carbons (Fsp3) is 0.0870. The zero-order valence-corrected chi connectivity index (χ0v) is 16.8. The minimum absolute atomic E-state index is 0.257. The third-order valence-electron chi connectivity index (χ3n) is 4.72. The van der Waals surface area contributed by atoms with E-state index in [0.717, 1.165) is 27.9 Å². The van der Waals surface area contributed by atoms with E-state index >= 15 is 0 Å². The molecule has 0 saturated heterocycles. The van der Waals surface area contributed by atoms with Gasteiger partial charge < -0.3 is 4.98 Å². The summed E-state index contributed by atoms with van der Waals surface area (Å²) in [5, 5.41) is 0. The maximum atomic E-state index is 13.3. The van der Waals surface area contributed by atoms with Crippen molar-refractivity contribution >= 4 is 9.84 Å². The first-order valence-corrected chi connectivity index (χ1v) is 10.9. The molecular weight excluding hydrogens is 387 g/mol. The van der Waals surface area contributed by atoms with Crippen molar-refractivity contribution in [3.63, 3.8) is 0 Å². The van der Waals surface area contributed by atoms with E-state index in [1.807, 2.05) is 31.2 Å². The molecule has 0 atom stereocenters. The molecule has 1 N–H and O–H groups in total. The summed E-state index contributed by atoms with van der Waals surface area (Å²) in [4.78, 5) is 8.35. The second-order valence-corrected chi connectivity index (χ2v) is 8.99. The normalized spacial score (nSPS) is 11.6. The number of rotatable bonds is 4. The SMILES string of the molecule is Cc1ccc(-c2[nH]c(-c3ccc(F)cc3)nc2-c2ccc(S(C)(=O)=O)cc2)cc1. The van der Waals surface area contributed by atoms with Crippen molar-refractivity contribution in [2.24, 2.45) is 0 Å². The number of hydrogen-bond donors (Lipinski definition) is 1. The summed E-state index contributed by atoms with van der Waals surface area (Å²) in [6.45, 7) is 2.02. The van der Waals surface area contributed by atoms with Gasteiger partial charge in [-0.2, -0.15) is 0 Å². The molecule has 146 valence electrons. The third kappa shape index (κ3) is 3.98. The van der Waals surface area contributed by atoms with E-state index in [4.69, 9.17) is 4.98 Å². The van der Waals surface area contributed by atoms with Crippen LogP contribution in [0.1, 0.15) is 5.56 Å². The maximum Gasteiger partial charge on any atom is 0.175 e. The van der Waals surface area contributed by atoms with Gasteiger partial charge in [-0.05, 0) is 43.3 Å². The number of nitrogens with one attached hydrogen (secondary N) is 1. The Balaban J connectivity index is 1.86. The van der Waals surface area contributed by atoms with Gasteiger partial charge in [0.15, 0.2) is 9.84 Å². The van der Waals surface area contributed by atoms with Crippen LogP contribution in [0.4, 0.5) is 4.39 Å². The number of aryl methyl sites for hydroxylation is 1. The number of sulfone groups is 1. The van der Waals surface area contributed by atoms with Crippen LogP contribution in [-0.2, 0) is 9.84 Å². The van der Waals surface area contributed by atoms with Crippen LogP contribution in [0.5, 0.6) is 0 Å². The Labute approximate surface area is 169 Å². The topological polar surface area (TPSA) is 62.8 Å². The quantitative estimate of drug-likeness (QED) is 0.503.